The van der Waals surface area contributed by atoms with Crippen LogP contribution in [0.2, 0.25) is 0 Å². The van der Waals surface area contributed by atoms with Crippen molar-refractivity contribution in [1.82, 2.24) is 0 Å². The van der Waals surface area contributed by atoms with Gasteiger partial charge in [-0.1, -0.05) is 0 Å². The highest BCUT2D eigenvalue weighted by Gasteiger charge is 2.27. The van der Waals surface area contributed by atoms with E-state index in [1.807, 2.05) is 17.0 Å². The number of primary amides is 1. The first-order valence-corrected chi connectivity index (χ1v) is 5.45. The number of anilines is 2. The van der Waals surface area contributed by atoms with E-state index in [0.717, 1.165) is 18.7 Å². The Kier molecular flexibility index (Phi) is 2.88. The lowest BCUT2D eigenvalue weighted by molar-refractivity contribution is -0.121. The fraction of sp³-hybridized carbons (Fsp3) is 0.333. The molecule has 5 nitrogen and oxygen atoms in total. The first-order chi connectivity index (χ1) is 8.11. The number of hydrogen-bond donors (Lipinski definition) is 2. The van der Waals surface area contributed by atoms with Crippen LogP contribution in [0.15, 0.2) is 18.2 Å². The number of carbonyl (C=O) groups is 1. The van der Waals surface area contributed by atoms with Crippen molar-refractivity contribution in [2.75, 3.05) is 23.7 Å². The molecule has 0 aromatic heterocycles. The number of nitrogen functional groups attached to an aromatic ring is 1. The molecule has 1 fully saturated rings. The molecule has 0 radical (unpaired) electrons. The molecule has 1 aliphatic rings. The summed E-state index contributed by atoms with van der Waals surface area (Å²) in [5, 5.41) is 8.75. The Morgan fingerprint density at radius 1 is 1.53 bits per heavy atom. The quantitative estimate of drug-likeness (QED) is 0.721. The molecule has 1 saturated heterocycles. The topological polar surface area (TPSA) is 96.1 Å². The van der Waals surface area contributed by atoms with Gasteiger partial charge in [0.05, 0.1) is 28.9 Å². The van der Waals surface area contributed by atoms with E-state index in [2.05, 4.69) is 0 Å². The highest BCUT2D eigenvalue weighted by Crippen LogP contribution is 2.29. The van der Waals surface area contributed by atoms with Crippen molar-refractivity contribution >= 4 is 17.3 Å². The molecule has 88 valence electrons. The predicted octanol–water partition coefficient (Wildman–Crippen LogP) is 0.452. The van der Waals surface area contributed by atoms with Crippen molar-refractivity contribution in [3.8, 4) is 6.07 Å². The number of rotatable bonds is 2. The summed E-state index contributed by atoms with van der Waals surface area (Å²) in [5.74, 6) is -0.371. The van der Waals surface area contributed by atoms with Gasteiger partial charge in [0.25, 0.3) is 0 Å². The van der Waals surface area contributed by atoms with Gasteiger partial charge in [-0.05, 0) is 24.6 Å². The van der Waals surface area contributed by atoms with Crippen LogP contribution in [0.4, 0.5) is 11.4 Å². The normalized spacial score (nSPS) is 19.0. The van der Waals surface area contributed by atoms with Crippen LogP contribution in [0, 0.1) is 17.2 Å². The number of amides is 1. The fourth-order valence-corrected chi connectivity index (χ4v) is 2.12. The molecule has 1 unspecified atom stereocenters. The Hall–Kier alpha value is -2.22. The summed E-state index contributed by atoms with van der Waals surface area (Å²) in [7, 11) is 0. The number of nitrogens with zero attached hydrogens (tertiary/aromatic N) is 2. The second-order valence-electron chi connectivity index (χ2n) is 4.22. The summed E-state index contributed by atoms with van der Waals surface area (Å²) in [6, 6.07) is 7.23. The zero-order chi connectivity index (χ0) is 12.4. The van der Waals surface area contributed by atoms with Gasteiger partial charge in [-0.2, -0.15) is 5.26 Å². The van der Waals surface area contributed by atoms with E-state index >= 15 is 0 Å². The molecule has 0 saturated carbocycles. The minimum Gasteiger partial charge on any atom is -0.397 e. The number of nitrogens with two attached hydrogens (primary N) is 2. The van der Waals surface area contributed by atoms with E-state index < -0.39 is 0 Å². The minimum absolute atomic E-state index is 0.106. The van der Waals surface area contributed by atoms with E-state index in [-0.39, 0.29) is 11.8 Å². The van der Waals surface area contributed by atoms with Gasteiger partial charge in [-0.25, -0.2) is 0 Å². The van der Waals surface area contributed by atoms with Crippen molar-refractivity contribution in [3.05, 3.63) is 23.8 Å². The van der Waals surface area contributed by atoms with Crippen molar-refractivity contribution in [1.29, 1.82) is 5.26 Å². The molecule has 1 amide bonds. The average molecular weight is 230 g/mol. The van der Waals surface area contributed by atoms with Gasteiger partial charge < -0.3 is 16.4 Å². The first-order valence-electron chi connectivity index (χ1n) is 5.45. The van der Waals surface area contributed by atoms with Crippen LogP contribution in [-0.4, -0.2) is 19.0 Å². The van der Waals surface area contributed by atoms with Gasteiger partial charge in [-0.15, -0.1) is 0 Å². The van der Waals surface area contributed by atoms with Crippen molar-refractivity contribution in [2.45, 2.75) is 6.42 Å². The standard InChI is InChI=1S/C12H14N4O/c13-6-8-1-2-11(10(14)5-8)16-4-3-9(7-16)12(15)17/h1-2,5,9H,3-4,7,14H2,(H2,15,17). The van der Waals surface area contributed by atoms with Gasteiger partial charge >= 0.3 is 0 Å². The Balaban J connectivity index is 2.20. The van der Waals surface area contributed by atoms with E-state index in [1.54, 1.807) is 12.1 Å². The maximum Gasteiger partial charge on any atom is 0.222 e. The largest absolute Gasteiger partial charge is 0.397 e. The van der Waals surface area contributed by atoms with Crippen LogP contribution in [0.5, 0.6) is 0 Å². The zero-order valence-electron chi connectivity index (χ0n) is 9.39. The van der Waals surface area contributed by atoms with Crippen molar-refractivity contribution < 1.29 is 4.79 Å². The maximum atomic E-state index is 11.1. The molecular weight excluding hydrogens is 216 g/mol. The summed E-state index contributed by atoms with van der Waals surface area (Å²) in [6.07, 6.45) is 0.759. The number of nitriles is 1. The van der Waals surface area contributed by atoms with E-state index in [9.17, 15) is 4.79 Å². The second kappa shape index (κ2) is 4.34. The molecule has 1 atom stereocenters. The summed E-state index contributed by atoms with van der Waals surface area (Å²) in [6.45, 7) is 1.37. The van der Waals surface area contributed by atoms with E-state index in [0.29, 0.717) is 17.8 Å². The first kappa shape index (κ1) is 11.3. The molecule has 0 bridgehead atoms. The maximum absolute atomic E-state index is 11.1. The second-order valence-corrected chi connectivity index (χ2v) is 4.22. The minimum atomic E-state index is -0.264. The van der Waals surface area contributed by atoms with Crippen molar-refractivity contribution in [2.24, 2.45) is 11.7 Å². The van der Waals surface area contributed by atoms with Crippen LogP contribution in [0.1, 0.15) is 12.0 Å². The third-order valence-corrected chi connectivity index (χ3v) is 3.09. The Labute approximate surface area is 99.6 Å². The van der Waals surface area contributed by atoms with Crippen LogP contribution >= 0.6 is 0 Å². The van der Waals surface area contributed by atoms with Crippen LogP contribution in [0.3, 0.4) is 0 Å². The van der Waals surface area contributed by atoms with Gasteiger partial charge in [0.1, 0.15) is 0 Å². The third-order valence-electron chi connectivity index (χ3n) is 3.09. The summed E-state index contributed by atoms with van der Waals surface area (Å²) in [5.41, 5.74) is 13.1. The molecule has 1 heterocycles. The summed E-state index contributed by atoms with van der Waals surface area (Å²) in [4.78, 5) is 13.1. The van der Waals surface area contributed by atoms with Gasteiger partial charge in [0, 0.05) is 13.1 Å². The molecule has 4 N–H and O–H groups in total. The SMILES string of the molecule is N#Cc1ccc(N2CCC(C(N)=O)C2)c(N)c1. The van der Waals surface area contributed by atoms with Crippen LogP contribution in [-0.2, 0) is 4.79 Å². The average Bonchev–Trinajstić information content (AvgIpc) is 2.78. The zero-order valence-corrected chi connectivity index (χ0v) is 9.39. The molecule has 0 spiro atoms. The molecule has 1 aliphatic heterocycles. The third kappa shape index (κ3) is 2.16. The molecular formula is C12H14N4O. The van der Waals surface area contributed by atoms with Gasteiger partial charge in [-0.3, -0.25) is 4.79 Å². The monoisotopic (exact) mass is 230 g/mol. The lowest BCUT2D eigenvalue weighted by Crippen LogP contribution is -2.27. The highest BCUT2D eigenvalue weighted by molar-refractivity contribution is 5.79. The van der Waals surface area contributed by atoms with Gasteiger partial charge in [0.2, 0.25) is 5.91 Å². The molecule has 2 rings (SSSR count). The molecule has 0 aliphatic carbocycles. The Morgan fingerprint density at radius 2 is 2.29 bits per heavy atom. The molecule has 1 aromatic carbocycles. The fourth-order valence-electron chi connectivity index (χ4n) is 2.12. The Morgan fingerprint density at radius 3 is 2.82 bits per heavy atom. The smallest absolute Gasteiger partial charge is 0.222 e. The molecule has 17 heavy (non-hydrogen) atoms. The Bertz CT molecular complexity index is 492. The number of benzene rings is 1. The lowest BCUT2D eigenvalue weighted by atomic mass is 10.1. The predicted molar refractivity (Wildman–Crippen MR) is 65.1 cm³/mol. The lowest BCUT2D eigenvalue weighted by Gasteiger charge is -2.20. The van der Waals surface area contributed by atoms with Crippen LogP contribution in [0.25, 0.3) is 0 Å². The van der Waals surface area contributed by atoms with Gasteiger partial charge in [0.15, 0.2) is 0 Å². The summed E-state index contributed by atoms with van der Waals surface area (Å²) >= 11 is 0. The molecule has 5 heteroatoms. The van der Waals surface area contributed by atoms with Crippen molar-refractivity contribution in [3.63, 3.8) is 0 Å². The number of hydrogen-bond acceptors (Lipinski definition) is 4. The molecule has 1 aromatic rings. The van der Waals surface area contributed by atoms with E-state index in [1.165, 1.54) is 0 Å². The van der Waals surface area contributed by atoms with E-state index in [4.69, 9.17) is 16.7 Å². The highest BCUT2D eigenvalue weighted by atomic mass is 16.1. The summed E-state index contributed by atoms with van der Waals surface area (Å²) < 4.78 is 0. The van der Waals surface area contributed by atoms with Crippen LogP contribution < -0.4 is 16.4 Å². The number of carbonyl (C=O) groups excluding carboxylic acids is 1.